The minimum atomic E-state index is -0.273. The molecule has 8 heteroatoms. The fourth-order valence-corrected chi connectivity index (χ4v) is 4.54. The van der Waals surface area contributed by atoms with E-state index in [0.29, 0.717) is 12.8 Å². The second-order valence-electron chi connectivity index (χ2n) is 7.89. The quantitative estimate of drug-likeness (QED) is 0.503. The third kappa shape index (κ3) is 4.37. The Bertz CT molecular complexity index is 809. The van der Waals surface area contributed by atoms with Crippen LogP contribution in [0.15, 0.2) is 36.4 Å². The number of carbonyl (C=O) groups is 3. The molecule has 7 nitrogen and oxygen atoms in total. The number of ether oxygens (including phenoxy) is 1. The first-order chi connectivity index (χ1) is 14.1. The lowest BCUT2D eigenvalue weighted by Crippen LogP contribution is -2.49. The van der Waals surface area contributed by atoms with Gasteiger partial charge < -0.3 is 9.64 Å². The lowest BCUT2D eigenvalue weighted by Gasteiger charge is -2.36. The molecule has 1 aliphatic carbocycles. The van der Waals surface area contributed by atoms with Crippen molar-refractivity contribution in [3.05, 3.63) is 36.4 Å². The Morgan fingerprint density at radius 1 is 0.967 bits per heavy atom. The van der Waals surface area contributed by atoms with Gasteiger partial charge in [0.2, 0.25) is 11.8 Å². The Morgan fingerprint density at radius 3 is 2.17 bits per heavy atom. The zero-order valence-electron chi connectivity index (χ0n) is 17.2. The highest BCUT2D eigenvalue weighted by molar-refractivity contribution is 6.07. The molecule has 2 aliphatic heterocycles. The van der Waals surface area contributed by atoms with E-state index < -0.39 is 0 Å². The van der Waals surface area contributed by atoms with E-state index in [0.717, 1.165) is 37.6 Å². The van der Waals surface area contributed by atoms with Gasteiger partial charge in [0.25, 0.3) is 0 Å². The van der Waals surface area contributed by atoms with Crippen LogP contribution in [0.2, 0.25) is 0 Å². The van der Waals surface area contributed by atoms with Crippen LogP contribution in [0.3, 0.4) is 0 Å². The average Bonchev–Trinajstić information content (AvgIpc) is 2.99. The smallest absolute Gasteiger partial charge is 0.233 e. The van der Waals surface area contributed by atoms with E-state index in [-0.39, 0.29) is 54.9 Å². The number of allylic oxidation sites excluding steroid dienone is 2. The maximum atomic E-state index is 12.6. The number of fused-ring (bicyclic) bond motifs is 1. The van der Waals surface area contributed by atoms with Crippen LogP contribution in [-0.2, 0) is 14.4 Å². The number of anilines is 1. The summed E-state index contributed by atoms with van der Waals surface area (Å²) in [4.78, 5) is 43.2. The minimum absolute atomic E-state index is 0. The highest BCUT2D eigenvalue weighted by Crippen LogP contribution is 2.35. The maximum absolute atomic E-state index is 12.6. The molecular weight excluding hydrogens is 406 g/mol. The molecule has 2 heterocycles. The summed E-state index contributed by atoms with van der Waals surface area (Å²) in [5.41, 5.74) is 1.06. The molecular formula is C22H28ClN3O4. The number of hydrogen-bond acceptors (Lipinski definition) is 6. The van der Waals surface area contributed by atoms with E-state index in [1.54, 1.807) is 7.11 Å². The molecule has 1 aromatic carbocycles. The van der Waals surface area contributed by atoms with Crippen LogP contribution in [-0.4, -0.2) is 73.8 Å². The van der Waals surface area contributed by atoms with Gasteiger partial charge in [0.15, 0.2) is 5.78 Å². The third-order valence-corrected chi connectivity index (χ3v) is 6.13. The Kier molecular flexibility index (Phi) is 7.15. The standard InChI is InChI=1S/C22H27N3O4.ClH/c1-29-20-9-5-4-8-19(20)24-12-10-23(11-13-24)14-16(26)15-25-21(27)17-6-2-3-7-18(17)22(25)28;/h2-5,8-9,17-18H,6-7,10-15H2,1H3;1H. The number of Topliss-reactive ketones (excluding diaryl/α,β-unsaturated/α-hetero) is 1. The van der Waals surface area contributed by atoms with Gasteiger partial charge in [-0.15, -0.1) is 12.4 Å². The second-order valence-corrected chi connectivity index (χ2v) is 7.89. The maximum Gasteiger partial charge on any atom is 0.233 e. The first-order valence-corrected chi connectivity index (χ1v) is 10.2. The van der Waals surface area contributed by atoms with Gasteiger partial charge in [-0.3, -0.25) is 24.2 Å². The zero-order valence-corrected chi connectivity index (χ0v) is 18.0. The van der Waals surface area contributed by atoms with Crippen molar-refractivity contribution in [1.82, 2.24) is 9.80 Å². The van der Waals surface area contributed by atoms with E-state index in [2.05, 4.69) is 9.80 Å². The molecule has 3 aliphatic rings. The lowest BCUT2D eigenvalue weighted by molar-refractivity contribution is -0.143. The van der Waals surface area contributed by atoms with Crippen molar-refractivity contribution in [2.45, 2.75) is 12.8 Å². The number of nitrogens with zero attached hydrogens (tertiary/aromatic N) is 3. The molecule has 4 rings (SSSR count). The molecule has 2 amide bonds. The molecule has 2 saturated heterocycles. The predicted octanol–water partition coefficient (Wildman–Crippen LogP) is 1.76. The van der Waals surface area contributed by atoms with E-state index in [9.17, 15) is 14.4 Å². The third-order valence-electron chi connectivity index (χ3n) is 6.13. The number of hydrogen-bond donors (Lipinski definition) is 0. The van der Waals surface area contributed by atoms with Crippen molar-refractivity contribution in [3.63, 3.8) is 0 Å². The van der Waals surface area contributed by atoms with Gasteiger partial charge in [-0.25, -0.2) is 0 Å². The van der Waals surface area contributed by atoms with E-state index in [1.165, 1.54) is 4.90 Å². The van der Waals surface area contributed by atoms with Crippen LogP contribution in [0.25, 0.3) is 0 Å². The molecule has 0 aromatic heterocycles. The number of benzene rings is 1. The van der Waals surface area contributed by atoms with Gasteiger partial charge in [0.1, 0.15) is 5.75 Å². The number of para-hydroxylation sites is 2. The number of rotatable bonds is 6. The van der Waals surface area contributed by atoms with Crippen molar-refractivity contribution in [2.24, 2.45) is 11.8 Å². The van der Waals surface area contributed by atoms with Crippen molar-refractivity contribution < 1.29 is 19.1 Å². The summed E-state index contributed by atoms with van der Waals surface area (Å²) in [6.07, 6.45) is 5.12. The molecule has 2 fully saturated rings. The van der Waals surface area contributed by atoms with Crippen molar-refractivity contribution in [1.29, 1.82) is 0 Å². The monoisotopic (exact) mass is 433 g/mol. The van der Waals surface area contributed by atoms with Crippen LogP contribution < -0.4 is 9.64 Å². The van der Waals surface area contributed by atoms with Crippen LogP contribution in [0, 0.1) is 11.8 Å². The van der Waals surface area contributed by atoms with Crippen LogP contribution in [0.5, 0.6) is 5.75 Å². The molecule has 2 unspecified atom stereocenters. The molecule has 1 aromatic rings. The van der Waals surface area contributed by atoms with Crippen molar-refractivity contribution in [3.8, 4) is 5.75 Å². The number of halogens is 1. The predicted molar refractivity (Wildman–Crippen MR) is 116 cm³/mol. The summed E-state index contributed by atoms with van der Waals surface area (Å²) in [5, 5.41) is 0. The Morgan fingerprint density at radius 2 is 1.57 bits per heavy atom. The molecule has 162 valence electrons. The summed E-state index contributed by atoms with van der Waals surface area (Å²) < 4.78 is 5.44. The molecule has 0 N–H and O–H groups in total. The fraction of sp³-hybridized carbons (Fsp3) is 0.500. The van der Waals surface area contributed by atoms with Gasteiger partial charge in [0, 0.05) is 26.2 Å². The number of imide groups is 1. The zero-order chi connectivity index (χ0) is 20.4. The summed E-state index contributed by atoms with van der Waals surface area (Å²) in [6, 6.07) is 7.93. The molecule has 0 spiro atoms. The largest absolute Gasteiger partial charge is 0.495 e. The van der Waals surface area contributed by atoms with Crippen LogP contribution >= 0.6 is 12.4 Å². The molecule has 30 heavy (non-hydrogen) atoms. The van der Waals surface area contributed by atoms with Crippen molar-refractivity contribution >= 4 is 35.7 Å². The number of carbonyl (C=O) groups excluding carboxylic acids is 3. The number of methoxy groups -OCH3 is 1. The first-order valence-electron chi connectivity index (χ1n) is 10.2. The Hall–Kier alpha value is -2.38. The summed E-state index contributed by atoms with van der Waals surface area (Å²) in [7, 11) is 1.67. The summed E-state index contributed by atoms with van der Waals surface area (Å²) in [6.45, 7) is 3.26. The fourth-order valence-electron chi connectivity index (χ4n) is 4.54. The number of piperazine rings is 1. The first kappa shape index (κ1) is 22.3. The molecule has 0 bridgehead atoms. The van der Waals surface area contributed by atoms with Crippen LogP contribution in [0.4, 0.5) is 5.69 Å². The average molecular weight is 434 g/mol. The van der Waals surface area contributed by atoms with Crippen molar-refractivity contribution in [2.75, 3.05) is 51.3 Å². The van der Waals surface area contributed by atoms with Crippen LogP contribution in [0.1, 0.15) is 12.8 Å². The normalized spacial score (nSPS) is 23.9. The molecule has 0 radical (unpaired) electrons. The highest BCUT2D eigenvalue weighted by atomic mass is 35.5. The topological polar surface area (TPSA) is 70.2 Å². The minimum Gasteiger partial charge on any atom is -0.495 e. The second kappa shape index (κ2) is 9.62. The van der Waals surface area contributed by atoms with Gasteiger partial charge in [-0.05, 0) is 25.0 Å². The molecule has 0 saturated carbocycles. The van der Waals surface area contributed by atoms with Gasteiger partial charge in [-0.2, -0.15) is 0 Å². The highest BCUT2D eigenvalue weighted by Gasteiger charge is 2.47. The van der Waals surface area contributed by atoms with E-state index in [4.69, 9.17) is 4.74 Å². The lowest BCUT2D eigenvalue weighted by atomic mass is 9.85. The number of ketones is 1. The van der Waals surface area contributed by atoms with E-state index >= 15 is 0 Å². The molecule has 2 atom stereocenters. The SMILES string of the molecule is COc1ccccc1N1CCN(CC(=O)CN2C(=O)C3CC=CCC3C2=O)CC1.Cl. The summed E-state index contributed by atoms with van der Waals surface area (Å²) >= 11 is 0. The Labute approximate surface area is 183 Å². The number of amides is 2. The van der Waals surface area contributed by atoms with E-state index in [1.807, 2.05) is 36.4 Å². The number of likely N-dealkylation sites (tertiary alicyclic amines) is 1. The van der Waals surface area contributed by atoms with Gasteiger partial charge >= 0.3 is 0 Å². The Balaban J connectivity index is 0.00000256. The summed E-state index contributed by atoms with van der Waals surface area (Å²) in [5.74, 6) is -0.144. The van der Waals surface area contributed by atoms with Gasteiger partial charge in [-0.1, -0.05) is 24.3 Å². The van der Waals surface area contributed by atoms with Gasteiger partial charge in [0.05, 0.1) is 37.7 Å².